The minimum absolute atomic E-state index is 0.301. The third-order valence-electron chi connectivity index (χ3n) is 2.48. The summed E-state index contributed by atoms with van der Waals surface area (Å²) in [5, 5.41) is 11.5. The van der Waals surface area contributed by atoms with Gasteiger partial charge in [0.05, 0.1) is 6.54 Å². The first-order valence-electron chi connectivity index (χ1n) is 6.03. The Balaban J connectivity index is 2.30. The van der Waals surface area contributed by atoms with Crippen molar-refractivity contribution < 1.29 is 0 Å². The highest BCUT2D eigenvalue weighted by Gasteiger charge is 2.11. The van der Waals surface area contributed by atoms with Crippen LogP contribution in [0.5, 0.6) is 0 Å². The van der Waals surface area contributed by atoms with Crippen LogP contribution in [-0.4, -0.2) is 56.5 Å². The van der Waals surface area contributed by atoms with Gasteiger partial charge in [0, 0.05) is 12.6 Å². The van der Waals surface area contributed by atoms with Crippen LogP contribution in [0.15, 0.2) is 6.33 Å². The smallest absolute Gasteiger partial charge is 0.183 e. The molecular weight excluding hydrogens is 230 g/mol. The number of aromatic nitrogens is 5. The van der Waals surface area contributed by atoms with Gasteiger partial charge in [-0.05, 0) is 27.9 Å². The van der Waals surface area contributed by atoms with Crippen molar-refractivity contribution in [1.29, 1.82) is 0 Å². The highest BCUT2D eigenvalue weighted by molar-refractivity contribution is 5.81. The van der Waals surface area contributed by atoms with Crippen molar-refractivity contribution in [3.05, 3.63) is 6.33 Å². The quantitative estimate of drug-likeness (QED) is 0.837. The predicted molar refractivity (Wildman–Crippen MR) is 70.4 cm³/mol. The fraction of sp³-hybridized carbons (Fsp3) is 0.636. The van der Waals surface area contributed by atoms with Crippen molar-refractivity contribution in [3.63, 3.8) is 0 Å². The van der Waals surface area contributed by atoms with E-state index in [1.165, 1.54) is 0 Å². The van der Waals surface area contributed by atoms with E-state index in [4.69, 9.17) is 0 Å². The fourth-order valence-electron chi connectivity index (χ4n) is 1.62. The van der Waals surface area contributed by atoms with Crippen LogP contribution < -0.4 is 5.32 Å². The zero-order valence-corrected chi connectivity index (χ0v) is 11.3. The van der Waals surface area contributed by atoms with Crippen LogP contribution >= 0.6 is 0 Å². The van der Waals surface area contributed by atoms with Crippen LogP contribution in [-0.2, 0) is 6.54 Å². The maximum Gasteiger partial charge on any atom is 0.183 e. The van der Waals surface area contributed by atoms with E-state index < -0.39 is 0 Å². The Bertz CT molecular complexity index is 517. The molecule has 0 spiro atoms. The summed E-state index contributed by atoms with van der Waals surface area (Å²) in [5.74, 6) is 0.742. The zero-order valence-electron chi connectivity index (χ0n) is 11.3. The molecule has 2 heterocycles. The molecule has 7 nitrogen and oxygen atoms in total. The minimum atomic E-state index is 0.301. The summed E-state index contributed by atoms with van der Waals surface area (Å²) >= 11 is 0. The van der Waals surface area contributed by atoms with E-state index in [-0.39, 0.29) is 0 Å². The summed E-state index contributed by atoms with van der Waals surface area (Å²) < 4.78 is 1.81. The number of nitrogens with one attached hydrogen (secondary N) is 1. The number of rotatable bonds is 5. The van der Waals surface area contributed by atoms with Gasteiger partial charge in [-0.15, -0.1) is 5.10 Å². The van der Waals surface area contributed by atoms with Crippen LogP contribution in [0.25, 0.3) is 11.2 Å². The number of hydrogen-bond donors (Lipinski definition) is 1. The lowest BCUT2D eigenvalue weighted by molar-refractivity contribution is 0.373. The molecule has 98 valence electrons. The molecule has 0 unspecified atom stereocenters. The Kier molecular flexibility index (Phi) is 3.71. The van der Waals surface area contributed by atoms with E-state index in [9.17, 15) is 0 Å². The highest BCUT2D eigenvalue weighted by Crippen LogP contribution is 2.16. The average Bonchev–Trinajstić information content (AvgIpc) is 2.70. The standard InChI is InChI=1S/C11H19N7/c1-8(2)14-10-9-11(13-7-12-10)18(16-15-9)6-5-17(3)4/h7-8H,5-6H2,1-4H3,(H,12,13,14). The van der Waals surface area contributed by atoms with Crippen LogP contribution in [0.2, 0.25) is 0 Å². The second kappa shape index (κ2) is 5.26. The van der Waals surface area contributed by atoms with Gasteiger partial charge in [-0.1, -0.05) is 5.21 Å². The van der Waals surface area contributed by atoms with E-state index in [2.05, 4.69) is 44.3 Å². The Labute approximate surface area is 106 Å². The maximum atomic E-state index is 4.26. The summed E-state index contributed by atoms with van der Waals surface area (Å²) in [6.45, 7) is 5.78. The lowest BCUT2D eigenvalue weighted by Gasteiger charge is -2.10. The normalized spacial score (nSPS) is 11.7. The Hall–Kier alpha value is -1.76. The molecule has 1 N–H and O–H groups in total. The molecule has 0 aliphatic carbocycles. The van der Waals surface area contributed by atoms with E-state index in [0.717, 1.165) is 30.1 Å². The molecule has 2 rings (SSSR count). The van der Waals surface area contributed by atoms with E-state index in [1.54, 1.807) is 6.33 Å². The first-order chi connectivity index (χ1) is 8.58. The molecule has 0 radical (unpaired) electrons. The number of fused-ring (bicyclic) bond motifs is 1. The summed E-state index contributed by atoms with van der Waals surface area (Å²) in [4.78, 5) is 10.6. The summed E-state index contributed by atoms with van der Waals surface area (Å²) in [6, 6.07) is 0.301. The van der Waals surface area contributed by atoms with Crippen LogP contribution in [0.3, 0.4) is 0 Å². The van der Waals surface area contributed by atoms with Gasteiger partial charge in [-0.2, -0.15) is 0 Å². The van der Waals surface area contributed by atoms with Crippen molar-refractivity contribution >= 4 is 17.0 Å². The molecule has 0 aliphatic heterocycles. The number of hydrogen-bond acceptors (Lipinski definition) is 6. The number of nitrogens with zero attached hydrogens (tertiary/aromatic N) is 6. The van der Waals surface area contributed by atoms with E-state index in [0.29, 0.717) is 6.04 Å². The topological polar surface area (TPSA) is 71.8 Å². The van der Waals surface area contributed by atoms with Gasteiger partial charge in [0.2, 0.25) is 0 Å². The van der Waals surface area contributed by atoms with Crippen LogP contribution in [0.1, 0.15) is 13.8 Å². The monoisotopic (exact) mass is 249 g/mol. The summed E-state index contributed by atoms with van der Waals surface area (Å²) in [5.41, 5.74) is 1.50. The summed E-state index contributed by atoms with van der Waals surface area (Å²) in [6.07, 6.45) is 1.54. The molecule has 0 fully saturated rings. The fourth-order valence-corrected chi connectivity index (χ4v) is 1.62. The maximum absolute atomic E-state index is 4.26. The predicted octanol–water partition coefficient (Wildman–Crippen LogP) is 0.603. The van der Waals surface area contributed by atoms with Gasteiger partial charge >= 0.3 is 0 Å². The Morgan fingerprint density at radius 1 is 1.33 bits per heavy atom. The van der Waals surface area contributed by atoms with Gasteiger partial charge in [0.25, 0.3) is 0 Å². The Morgan fingerprint density at radius 3 is 2.78 bits per heavy atom. The molecule has 7 heteroatoms. The second-order valence-electron chi connectivity index (χ2n) is 4.81. The highest BCUT2D eigenvalue weighted by atomic mass is 15.4. The molecule has 0 bridgehead atoms. The Morgan fingerprint density at radius 2 is 2.11 bits per heavy atom. The third-order valence-corrected chi connectivity index (χ3v) is 2.48. The van der Waals surface area contributed by atoms with Gasteiger partial charge < -0.3 is 10.2 Å². The zero-order chi connectivity index (χ0) is 13.1. The van der Waals surface area contributed by atoms with E-state index in [1.807, 2.05) is 18.8 Å². The van der Waals surface area contributed by atoms with Crippen molar-refractivity contribution in [2.75, 3.05) is 26.0 Å². The SMILES string of the molecule is CC(C)Nc1ncnc2c1nnn2CCN(C)C. The number of likely N-dealkylation sites (N-methyl/N-ethyl adjacent to an activating group) is 1. The van der Waals surface area contributed by atoms with Crippen molar-refractivity contribution in [3.8, 4) is 0 Å². The molecule has 18 heavy (non-hydrogen) atoms. The third kappa shape index (κ3) is 2.73. The lowest BCUT2D eigenvalue weighted by Crippen LogP contribution is -2.19. The van der Waals surface area contributed by atoms with Gasteiger partial charge in [-0.25, -0.2) is 14.6 Å². The van der Waals surface area contributed by atoms with Crippen LogP contribution in [0.4, 0.5) is 5.82 Å². The second-order valence-corrected chi connectivity index (χ2v) is 4.81. The number of anilines is 1. The molecule has 0 atom stereocenters. The molecule has 2 aromatic rings. The molecule has 0 saturated carbocycles. The summed E-state index contributed by atoms with van der Waals surface area (Å²) in [7, 11) is 4.06. The molecule has 0 amide bonds. The van der Waals surface area contributed by atoms with Crippen molar-refractivity contribution in [2.24, 2.45) is 0 Å². The first-order valence-corrected chi connectivity index (χ1v) is 6.03. The van der Waals surface area contributed by atoms with Gasteiger partial charge in [0.15, 0.2) is 17.0 Å². The van der Waals surface area contributed by atoms with Gasteiger partial charge in [-0.3, -0.25) is 0 Å². The molecule has 2 aromatic heterocycles. The molecular formula is C11H19N7. The molecule has 0 aromatic carbocycles. The lowest BCUT2D eigenvalue weighted by atomic mass is 10.4. The largest absolute Gasteiger partial charge is 0.366 e. The van der Waals surface area contributed by atoms with Crippen molar-refractivity contribution in [1.82, 2.24) is 29.9 Å². The van der Waals surface area contributed by atoms with Crippen molar-refractivity contribution in [2.45, 2.75) is 26.4 Å². The average molecular weight is 249 g/mol. The first kappa shape index (κ1) is 12.7. The minimum Gasteiger partial charge on any atom is -0.366 e. The molecule has 0 saturated heterocycles. The van der Waals surface area contributed by atoms with E-state index >= 15 is 0 Å². The van der Waals surface area contributed by atoms with Gasteiger partial charge in [0.1, 0.15) is 6.33 Å². The molecule has 0 aliphatic rings. The van der Waals surface area contributed by atoms with Crippen LogP contribution in [0, 0.1) is 0 Å².